The van der Waals surface area contributed by atoms with Crippen LogP contribution in [0, 0.1) is 0 Å². The van der Waals surface area contributed by atoms with Gasteiger partial charge in [-0.05, 0) is 12.1 Å². The highest BCUT2D eigenvalue weighted by Crippen LogP contribution is 2.11. The average molecular weight is 231 g/mol. The van der Waals surface area contributed by atoms with Crippen molar-refractivity contribution >= 4 is 5.82 Å². The summed E-state index contributed by atoms with van der Waals surface area (Å²) in [6, 6.07) is 3.87. The van der Waals surface area contributed by atoms with Crippen molar-refractivity contribution in [3.63, 3.8) is 0 Å². The van der Waals surface area contributed by atoms with E-state index in [1.165, 1.54) is 6.33 Å². The van der Waals surface area contributed by atoms with Crippen molar-refractivity contribution in [2.24, 2.45) is 0 Å². The average Bonchev–Trinajstić information content (AvgIpc) is 2.94. The van der Waals surface area contributed by atoms with E-state index in [0.717, 1.165) is 32.0 Å². The molecular weight excluding hydrogens is 218 g/mol. The van der Waals surface area contributed by atoms with Crippen LogP contribution < -0.4 is 10.2 Å². The molecule has 2 aromatic heterocycles. The van der Waals surface area contributed by atoms with E-state index in [2.05, 4.69) is 30.5 Å². The van der Waals surface area contributed by atoms with Crippen LogP contribution in [0.15, 0.2) is 24.8 Å². The highest BCUT2D eigenvalue weighted by molar-refractivity contribution is 5.39. The summed E-state index contributed by atoms with van der Waals surface area (Å²) in [7, 11) is 0. The lowest BCUT2D eigenvalue weighted by molar-refractivity contribution is 0.582. The van der Waals surface area contributed by atoms with E-state index in [-0.39, 0.29) is 0 Å². The van der Waals surface area contributed by atoms with Gasteiger partial charge < -0.3 is 10.2 Å². The molecule has 1 fully saturated rings. The van der Waals surface area contributed by atoms with E-state index in [4.69, 9.17) is 0 Å². The normalized spacial score (nSPS) is 16.1. The Hall–Kier alpha value is -2.02. The van der Waals surface area contributed by atoms with Crippen LogP contribution in [0.2, 0.25) is 0 Å². The smallest absolute Gasteiger partial charge is 0.177 e. The monoisotopic (exact) mass is 231 g/mol. The molecule has 0 aromatic carbocycles. The van der Waals surface area contributed by atoms with E-state index < -0.39 is 0 Å². The Bertz CT molecular complexity index is 458. The first-order chi connectivity index (χ1) is 8.43. The van der Waals surface area contributed by atoms with E-state index in [9.17, 15) is 0 Å². The summed E-state index contributed by atoms with van der Waals surface area (Å²) in [5.74, 6) is 1.59. The third-order valence-corrected chi connectivity index (χ3v) is 2.73. The molecule has 0 radical (unpaired) electrons. The molecule has 2 aromatic rings. The van der Waals surface area contributed by atoms with Gasteiger partial charge in [0.15, 0.2) is 11.6 Å². The summed E-state index contributed by atoms with van der Waals surface area (Å²) < 4.78 is 1.59. The second kappa shape index (κ2) is 4.46. The van der Waals surface area contributed by atoms with Gasteiger partial charge in [0.1, 0.15) is 12.7 Å². The summed E-state index contributed by atoms with van der Waals surface area (Å²) >= 11 is 0. The minimum absolute atomic E-state index is 0.682. The lowest BCUT2D eigenvalue weighted by Crippen LogP contribution is -2.44. The zero-order valence-corrected chi connectivity index (χ0v) is 9.32. The summed E-state index contributed by atoms with van der Waals surface area (Å²) in [5.41, 5.74) is 0. The maximum absolute atomic E-state index is 4.22. The third-order valence-electron chi connectivity index (χ3n) is 2.73. The molecule has 17 heavy (non-hydrogen) atoms. The first-order valence-corrected chi connectivity index (χ1v) is 5.58. The van der Waals surface area contributed by atoms with Crippen molar-refractivity contribution in [3.05, 3.63) is 24.8 Å². The second-order valence-corrected chi connectivity index (χ2v) is 3.83. The third kappa shape index (κ3) is 2.09. The number of nitrogens with zero attached hydrogens (tertiary/aromatic N) is 6. The maximum atomic E-state index is 4.22. The van der Waals surface area contributed by atoms with Crippen LogP contribution in [-0.4, -0.2) is 51.1 Å². The van der Waals surface area contributed by atoms with Gasteiger partial charge in [-0.25, -0.2) is 9.67 Å². The van der Waals surface area contributed by atoms with E-state index in [1.807, 2.05) is 12.1 Å². The molecule has 0 saturated carbocycles. The molecule has 0 aliphatic carbocycles. The van der Waals surface area contributed by atoms with Crippen LogP contribution >= 0.6 is 0 Å². The Morgan fingerprint density at radius 1 is 1.06 bits per heavy atom. The summed E-state index contributed by atoms with van der Waals surface area (Å²) in [6.45, 7) is 3.92. The Labute approximate surface area is 98.5 Å². The van der Waals surface area contributed by atoms with Gasteiger partial charge in [-0.1, -0.05) is 0 Å². The summed E-state index contributed by atoms with van der Waals surface area (Å²) in [6.07, 6.45) is 3.08. The minimum atomic E-state index is 0.682. The van der Waals surface area contributed by atoms with Crippen LogP contribution in [0.3, 0.4) is 0 Å². The molecule has 0 amide bonds. The number of hydrogen-bond donors (Lipinski definition) is 1. The molecule has 88 valence electrons. The predicted molar refractivity (Wildman–Crippen MR) is 62.0 cm³/mol. The molecule has 1 saturated heterocycles. The van der Waals surface area contributed by atoms with Crippen molar-refractivity contribution in [1.82, 2.24) is 30.3 Å². The number of nitrogens with one attached hydrogen (secondary N) is 1. The topological polar surface area (TPSA) is 71.8 Å². The van der Waals surface area contributed by atoms with Gasteiger partial charge in [0, 0.05) is 26.2 Å². The molecule has 1 aliphatic rings. The zero-order chi connectivity index (χ0) is 11.5. The van der Waals surface area contributed by atoms with Gasteiger partial charge in [0.25, 0.3) is 0 Å². The molecule has 3 heterocycles. The molecule has 0 spiro atoms. The van der Waals surface area contributed by atoms with Gasteiger partial charge in [0.05, 0.1) is 0 Å². The van der Waals surface area contributed by atoms with Crippen molar-refractivity contribution in [2.45, 2.75) is 0 Å². The predicted octanol–water partition coefficient (Wildman–Crippen LogP) is -0.533. The number of hydrogen-bond acceptors (Lipinski definition) is 6. The first-order valence-electron chi connectivity index (χ1n) is 5.58. The highest BCUT2D eigenvalue weighted by atomic mass is 15.4. The van der Waals surface area contributed by atoms with Gasteiger partial charge in [-0.15, -0.1) is 10.2 Å². The molecule has 1 aliphatic heterocycles. The van der Waals surface area contributed by atoms with Crippen molar-refractivity contribution < 1.29 is 0 Å². The van der Waals surface area contributed by atoms with E-state index >= 15 is 0 Å². The quantitative estimate of drug-likeness (QED) is 0.749. The lowest BCUT2D eigenvalue weighted by atomic mass is 10.3. The van der Waals surface area contributed by atoms with Crippen molar-refractivity contribution in [3.8, 4) is 5.82 Å². The minimum Gasteiger partial charge on any atom is -0.353 e. The van der Waals surface area contributed by atoms with Crippen molar-refractivity contribution in [1.29, 1.82) is 0 Å². The summed E-state index contributed by atoms with van der Waals surface area (Å²) in [5, 5.41) is 15.7. The van der Waals surface area contributed by atoms with Crippen LogP contribution in [0.1, 0.15) is 0 Å². The molecule has 3 rings (SSSR count). The maximum Gasteiger partial charge on any atom is 0.177 e. The largest absolute Gasteiger partial charge is 0.353 e. The van der Waals surface area contributed by atoms with E-state index in [0.29, 0.717) is 5.82 Å². The van der Waals surface area contributed by atoms with Gasteiger partial charge in [-0.3, -0.25) is 0 Å². The van der Waals surface area contributed by atoms with Gasteiger partial charge in [-0.2, -0.15) is 5.10 Å². The summed E-state index contributed by atoms with van der Waals surface area (Å²) in [4.78, 5) is 6.09. The molecular formula is C10H13N7. The van der Waals surface area contributed by atoms with E-state index in [1.54, 1.807) is 11.0 Å². The van der Waals surface area contributed by atoms with Crippen LogP contribution in [-0.2, 0) is 0 Å². The zero-order valence-electron chi connectivity index (χ0n) is 9.32. The van der Waals surface area contributed by atoms with Gasteiger partial charge in [0.2, 0.25) is 0 Å². The first kappa shape index (κ1) is 10.2. The van der Waals surface area contributed by atoms with Crippen LogP contribution in [0.5, 0.6) is 0 Å². The molecule has 7 nitrogen and oxygen atoms in total. The Balaban J connectivity index is 1.80. The number of anilines is 1. The number of rotatable bonds is 2. The number of piperazine rings is 1. The second-order valence-electron chi connectivity index (χ2n) is 3.83. The molecule has 0 unspecified atom stereocenters. The molecule has 0 bridgehead atoms. The fraction of sp³-hybridized carbons (Fsp3) is 0.400. The van der Waals surface area contributed by atoms with Crippen LogP contribution in [0.4, 0.5) is 5.82 Å². The standard InChI is InChI=1S/C10H13N7/c1-2-10(17-8-12-7-13-17)15-14-9(1)16-5-3-11-4-6-16/h1-2,7-8,11H,3-6H2. The van der Waals surface area contributed by atoms with Gasteiger partial charge >= 0.3 is 0 Å². The fourth-order valence-electron chi connectivity index (χ4n) is 1.83. The molecule has 7 heteroatoms. The van der Waals surface area contributed by atoms with Crippen molar-refractivity contribution in [2.75, 3.05) is 31.1 Å². The van der Waals surface area contributed by atoms with Crippen LogP contribution in [0.25, 0.3) is 5.82 Å². The Kier molecular flexibility index (Phi) is 2.66. The highest BCUT2D eigenvalue weighted by Gasteiger charge is 2.12. The molecule has 1 N–H and O–H groups in total. The fourth-order valence-corrected chi connectivity index (χ4v) is 1.83. The molecule has 0 atom stereocenters. The number of aromatic nitrogens is 5. The SMILES string of the molecule is c1ncn(-c2ccc(N3CCNCC3)nn2)n1. The Morgan fingerprint density at radius 3 is 2.47 bits per heavy atom. The lowest BCUT2D eigenvalue weighted by Gasteiger charge is -2.27. The Morgan fingerprint density at radius 2 is 1.82 bits per heavy atom.